The number of amides is 2. The third-order valence-electron chi connectivity index (χ3n) is 5.58. The number of aromatic nitrogens is 3. The number of carbonyl (C=O) groups excluding carboxylic acids is 2. The van der Waals surface area contributed by atoms with Gasteiger partial charge in [0.25, 0.3) is 5.56 Å². The molecule has 1 fully saturated rings. The van der Waals surface area contributed by atoms with Crippen molar-refractivity contribution in [3.63, 3.8) is 0 Å². The summed E-state index contributed by atoms with van der Waals surface area (Å²) in [5, 5.41) is 6.34. The molecule has 1 aliphatic heterocycles. The third-order valence-corrected chi connectivity index (χ3v) is 6.68. The minimum atomic E-state index is -0.354. The summed E-state index contributed by atoms with van der Waals surface area (Å²) in [7, 11) is 0. The van der Waals surface area contributed by atoms with Gasteiger partial charge in [0, 0.05) is 25.7 Å². The fourth-order valence-corrected chi connectivity index (χ4v) is 4.87. The molecule has 11 heteroatoms. The highest BCUT2D eigenvalue weighted by molar-refractivity contribution is 7.22. The van der Waals surface area contributed by atoms with Crippen LogP contribution in [0.2, 0.25) is 0 Å². The lowest BCUT2D eigenvalue weighted by atomic mass is 9.97. The number of nitrogens with one attached hydrogen (secondary N) is 2. The fourth-order valence-electron chi connectivity index (χ4n) is 3.86. The molecule has 0 spiro atoms. The zero-order valence-corrected chi connectivity index (χ0v) is 19.9. The van der Waals surface area contributed by atoms with Gasteiger partial charge in [-0.3, -0.25) is 19.0 Å². The summed E-state index contributed by atoms with van der Waals surface area (Å²) in [6.07, 6.45) is 3.00. The molecule has 2 amide bonds. The van der Waals surface area contributed by atoms with Crippen molar-refractivity contribution in [1.29, 1.82) is 0 Å². The van der Waals surface area contributed by atoms with E-state index in [1.807, 2.05) is 18.7 Å². The van der Waals surface area contributed by atoms with Crippen LogP contribution in [-0.4, -0.2) is 45.5 Å². The predicted octanol–water partition coefficient (Wildman–Crippen LogP) is 2.05. The minimum Gasteiger partial charge on any atom is -0.354 e. The number of fused-ring (bicyclic) bond motifs is 1. The monoisotopic (exact) mass is 486 g/mol. The van der Waals surface area contributed by atoms with Crippen LogP contribution in [0, 0.1) is 11.7 Å². The maximum Gasteiger partial charge on any atom is 0.273 e. The third kappa shape index (κ3) is 5.58. The highest BCUT2D eigenvalue weighted by Gasteiger charge is 2.28. The summed E-state index contributed by atoms with van der Waals surface area (Å²) in [5.41, 5.74) is 0.753. The van der Waals surface area contributed by atoms with Crippen LogP contribution in [-0.2, 0) is 22.7 Å². The molecule has 9 nitrogen and oxygen atoms in total. The standard InChI is InChI=1S/C23H27FN6O3S/c1-14(2)27-21(32)16-4-3-9-29(11-16)23-28-20-19(34-23)22(33)30(13-26-20)12-18(31)25-10-15-5-7-17(24)8-6-15/h5-8,13-14,16H,3-4,9-12H2,1-2H3,(H,25,31)(H,27,32)/t16-/m0/s1. The van der Waals surface area contributed by atoms with Gasteiger partial charge in [0.1, 0.15) is 23.4 Å². The van der Waals surface area contributed by atoms with Crippen LogP contribution >= 0.6 is 11.3 Å². The molecule has 2 N–H and O–H groups in total. The summed E-state index contributed by atoms with van der Waals surface area (Å²) < 4.78 is 14.6. The first-order valence-electron chi connectivity index (χ1n) is 11.2. The summed E-state index contributed by atoms with van der Waals surface area (Å²) in [5.74, 6) is -0.790. The molecular formula is C23H27FN6O3S. The van der Waals surface area contributed by atoms with Gasteiger partial charge in [-0.25, -0.2) is 9.37 Å². The molecule has 0 aliphatic carbocycles. The Morgan fingerprint density at radius 3 is 2.76 bits per heavy atom. The number of carbonyl (C=O) groups is 2. The first-order chi connectivity index (χ1) is 16.3. The topological polar surface area (TPSA) is 109 Å². The molecule has 4 rings (SSSR count). The molecule has 34 heavy (non-hydrogen) atoms. The molecule has 180 valence electrons. The Labute approximate surface area is 200 Å². The molecular weight excluding hydrogens is 459 g/mol. The second kappa shape index (κ2) is 10.3. The van der Waals surface area contributed by atoms with Crippen molar-refractivity contribution in [2.75, 3.05) is 18.0 Å². The van der Waals surface area contributed by atoms with Crippen molar-refractivity contribution in [3.05, 3.63) is 52.3 Å². The van der Waals surface area contributed by atoms with Crippen LogP contribution in [0.5, 0.6) is 0 Å². The van der Waals surface area contributed by atoms with Crippen LogP contribution in [0.1, 0.15) is 32.3 Å². The predicted molar refractivity (Wildman–Crippen MR) is 128 cm³/mol. The van der Waals surface area contributed by atoms with Crippen LogP contribution < -0.4 is 21.1 Å². The molecule has 1 atom stereocenters. The smallest absolute Gasteiger partial charge is 0.273 e. The molecule has 1 aliphatic rings. The van der Waals surface area contributed by atoms with E-state index in [2.05, 4.69) is 20.6 Å². The van der Waals surface area contributed by atoms with Crippen molar-refractivity contribution in [2.45, 2.75) is 45.8 Å². The van der Waals surface area contributed by atoms with E-state index >= 15 is 0 Å². The van der Waals surface area contributed by atoms with Gasteiger partial charge in [-0.2, -0.15) is 4.98 Å². The first-order valence-corrected chi connectivity index (χ1v) is 12.0. The second-order valence-corrected chi connectivity index (χ2v) is 9.66. The minimum absolute atomic E-state index is 0.0351. The lowest BCUT2D eigenvalue weighted by Gasteiger charge is -2.32. The second-order valence-electron chi connectivity index (χ2n) is 8.68. The number of benzene rings is 1. The van der Waals surface area contributed by atoms with Gasteiger partial charge >= 0.3 is 0 Å². The van der Waals surface area contributed by atoms with Crippen LogP contribution in [0.3, 0.4) is 0 Å². The Morgan fingerprint density at radius 2 is 2.03 bits per heavy atom. The van der Waals surface area contributed by atoms with Gasteiger partial charge in [0.05, 0.1) is 5.92 Å². The molecule has 0 unspecified atom stereocenters. The fraction of sp³-hybridized carbons (Fsp3) is 0.435. The van der Waals surface area contributed by atoms with Crippen molar-refractivity contribution >= 4 is 38.6 Å². The van der Waals surface area contributed by atoms with Gasteiger partial charge in [-0.1, -0.05) is 23.5 Å². The quantitative estimate of drug-likeness (QED) is 0.529. The zero-order valence-electron chi connectivity index (χ0n) is 19.1. The summed E-state index contributed by atoms with van der Waals surface area (Å²) in [6.45, 7) is 5.22. The Bertz CT molecular complexity index is 1240. The summed E-state index contributed by atoms with van der Waals surface area (Å²) >= 11 is 1.23. The Hall–Kier alpha value is -3.34. The van der Waals surface area contributed by atoms with Gasteiger partial charge in [-0.05, 0) is 44.4 Å². The van der Waals surface area contributed by atoms with E-state index in [-0.39, 0.29) is 48.2 Å². The number of rotatable bonds is 7. The van der Waals surface area contributed by atoms with Gasteiger partial charge in [-0.15, -0.1) is 0 Å². The zero-order chi connectivity index (χ0) is 24.2. The van der Waals surface area contributed by atoms with E-state index < -0.39 is 0 Å². The average Bonchev–Trinajstić information content (AvgIpc) is 3.26. The highest BCUT2D eigenvalue weighted by atomic mass is 32.1. The van der Waals surface area contributed by atoms with Gasteiger partial charge < -0.3 is 15.5 Å². The van der Waals surface area contributed by atoms with E-state index in [1.165, 1.54) is 34.4 Å². The Kier molecular flexibility index (Phi) is 7.20. The van der Waals surface area contributed by atoms with Gasteiger partial charge in [0.15, 0.2) is 10.8 Å². The molecule has 1 saturated heterocycles. The number of piperidine rings is 1. The summed E-state index contributed by atoms with van der Waals surface area (Å²) in [6, 6.07) is 5.91. The van der Waals surface area contributed by atoms with Gasteiger partial charge in [0.2, 0.25) is 11.8 Å². The van der Waals surface area contributed by atoms with E-state index in [4.69, 9.17) is 0 Å². The average molecular weight is 487 g/mol. The number of nitrogens with zero attached hydrogens (tertiary/aromatic N) is 4. The van der Waals surface area contributed by atoms with E-state index in [1.54, 1.807) is 12.1 Å². The number of hydrogen-bond donors (Lipinski definition) is 2. The molecule has 0 radical (unpaired) electrons. The highest BCUT2D eigenvalue weighted by Crippen LogP contribution is 2.29. The lowest BCUT2D eigenvalue weighted by molar-refractivity contribution is -0.125. The number of hydrogen-bond acceptors (Lipinski definition) is 7. The van der Waals surface area contributed by atoms with E-state index in [0.29, 0.717) is 22.0 Å². The number of thiazole rings is 1. The van der Waals surface area contributed by atoms with Crippen LogP contribution in [0.15, 0.2) is 35.4 Å². The van der Waals surface area contributed by atoms with Crippen LogP contribution in [0.4, 0.5) is 9.52 Å². The van der Waals surface area contributed by atoms with Crippen molar-refractivity contribution < 1.29 is 14.0 Å². The summed E-state index contributed by atoms with van der Waals surface area (Å²) in [4.78, 5) is 48.5. The normalized spacial score (nSPS) is 16.1. The number of anilines is 1. The van der Waals surface area contributed by atoms with Crippen LogP contribution in [0.25, 0.3) is 10.3 Å². The lowest BCUT2D eigenvalue weighted by Crippen LogP contribution is -2.44. The SMILES string of the molecule is CC(C)NC(=O)[C@H]1CCCN(c2nc3ncn(CC(=O)NCc4ccc(F)cc4)c(=O)c3s2)C1. The van der Waals surface area contributed by atoms with Crippen molar-refractivity contribution in [2.24, 2.45) is 5.92 Å². The molecule has 3 aromatic rings. The maximum absolute atomic E-state index is 13.0. The first kappa shape index (κ1) is 23.8. The molecule has 0 saturated carbocycles. The Balaban J connectivity index is 1.43. The number of halogens is 1. The molecule has 0 bridgehead atoms. The van der Waals surface area contributed by atoms with Crippen molar-refractivity contribution in [3.8, 4) is 0 Å². The van der Waals surface area contributed by atoms with E-state index in [0.717, 1.165) is 24.9 Å². The van der Waals surface area contributed by atoms with E-state index in [9.17, 15) is 18.8 Å². The maximum atomic E-state index is 13.0. The van der Waals surface area contributed by atoms with Crippen molar-refractivity contribution in [1.82, 2.24) is 25.2 Å². The molecule has 2 aromatic heterocycles. The Morgan fingerprint density at radius 1 is 1.26 bits per heavy atom. The largest absolute Gasteiger partial charge is 0.354 e. The molecule has 1 aromatic carbocycles. The molecule has 3 heterocycles.